The summed E-state index contributed by atoms with van der Waals surface area (Å²) in [5.41, 5.74) is 9.92. The van der Waals surface area contributed by atoms with Gasteiger partial charge < -0.3 is 9.47 Å². The lowest BCUT2D eigenvalue weighted by molar-refractivity contribution is -0.139. The van der Waals surface area contributed by atoms with Gasteiger partial charge in [0.1, 0.15) is 5.60 Å². The second-order valence-electron chi connectivity index (χ2n) is 5.85. The van der Waals surface area contributed by atoms with E-state index in [0.29, 0.717) is 22.5 Å². The van der Waals surface area contributed by atoms with Crippen LogP contribution in [0.5, 0.6) is 0 Å². The Morgan fingerprint density at radius 3 is 2.52 bits per heavy atom. The van der Waals surface area contributed by atoms with E-state index in [9.17, 15) is 9.59 Å². The predicted octanol–water partition coefficient (Wildman–Crippen LogP) is 4.00. The number of nitrogens with zero attached hydrogens (tertiary/aromatic N) is 3. The Hall–Kier alpha value is -2.73. The molecule has 23 heavy (non-hydrogen) atoms. The molecule has 0 saturated carbocycles. The van der Waals surface area contributed by atoms with Gasteiger partial charge in [0.05, 0.1) is 13.5 Å². The maximum absolute atomic E-state index is 11.8. The third-order valence-electron chi connectivity index (χ3n) is 2.85. The average Bonchev–Trinajstić information content (AvgIpc) is 2.41. The molecule has 0 atom stereocenters. The van der Waals surface area contributed by atoms with Gasteiger partial charge in [-0.25, -0.2) is 4.79 Å². The van der Waals surface area contributed by atoms with Gasteiger partial charge in [-0.15, -0.1) is 0 Å². The molecule has 1 rings (SSSR count). The molecule has 0 radical (unpaired) electrons. The molecule has 0 aliphatic rings. The fourth-order valence-electron chi connectivity index (χ4n) is 1.81. The first-order chi connectivity index (χ1) is 10.7. The zero-order chi connectivity index (χ0) is 17.6. The number of anilines is 1. The Labute approximate surface area is 134 Å². The van der Waals surface area contributed by atoms with Crippen LogP contribution in [0.2, 0.25) is 0 Å². The Morgan fingerprint density at radius 1 is 1.35 bits per heavy atom. The van der Waals surface area contributed by atoms with Gasteiger partial charge in [-0.05, 0) is 56.5 Å². The van der Waals surface area contributed by atoms with Crippen molar-refractivity contribution in [2.24, 2.45) is 5.11 Å². The normalized spacial score (nSPS) is 10.5. The van der Waals surface area contributed by atoms with Crippen molar-refractivity contribution < 1.29 is 19.1 Å². The van der Waals surface area contributed by atoms with Crippen LogP contribution in [0.1, 0.15) is 31.9 Å². The molecule has 0 spiro atoms. The number of amides is 1. The molecule has 0 saturated heterocycles. The lowest BCUT2D eigenvalue weighted by atomic mass is 10.0. The highest BCUT2D eigenvalue weighted by molar-refractivity contribution is 5.86. The number of esters is 1. The molecule has 1 amide bonds. The van der Waals surface area contributed by atoms with Crippen molar-refractivity contribution in [2.75, 3.05) is 12.4 Å². The van der Waals surface area contributed by atoms with Gasteiger partial charge in [-0.2, -0.15) is 0 Å². The van der Waals surface area contributed by atoms with E-state index < -0.39 is 17.7 Å². The van der Waals surface area contributed by atoms with Gasteiger partial charge in [-0.1, -0.05) is 5.11 Å². The number of rotatable bonds is 4. The first-order valence-electron chi connectivity index (χ1n) is 6.91. The number of azide groups is 1. The van der Waals surface area contributed by atoms with Crippen LogP contribution in [0.4, 0.5) is 16.2 Å². The molecule has 0 unspecified atom stereocenters. The molecule has 0 heterocycles. The monoisotopic (exact) mass is 320 g/mol. The second-order valence-corrected chi connectivity index (χ2v) is 5.85. The molecule has 1 aromatic rings. The van der Waals surface area contributed by atoms with Crippen LogP contribution >= 0.6 is 0 Å². The summed E-state index contributed by atoms with van der Waals surface area (Å²) in [5.74, 6) is -0.436. The summed E-state index contributed by atoms with van der Waals surface area (Å²) < 4.78 is 9.81. The van der Waals surface area contributed by atoms with Crippen molar-refractivity contribution in [1.82, 2.24) is 0 Å². The van der Waals surface area contributed by atoms with Gasteiger partial charge in [-0.3, -0.25) is 10.1 Å². The number of benzene rings is 1. The molecular formula is C15H20N4O4. The zero-order valence-corrected chi connectivity index (χ0v) is 13.8. The lowest BCUT2D eigenvalue weighted by Crippen LogP contribution is -2.27. The van der Waals surface area contributed by atoms with E-state index in [4.69, 9.17) is 10.3 Å². The largest absolute Gasteiger partial charge is 0.469 e. The molecule has 0 fully saturated rings. The average molecular weight is 320 g/mol. The van der Waals surface area contributed by atoms with Crippen LogP contribution in [-0.4, -0.2) is 24.8 Å². The predicted molar refractivity (Wildman–Crippen MR) is 85.6 cm³/mol. The Bertz CT molecular complexity index is 658. The fourth-order valence-corrected chi connectivity index (χ4v) is 1.81. The van der Waals surface area contributed by atoms with Gasteiger partial charge in [0, 0.05) is 16.3 Å². The molecule has 124 valence electrons. The van der Waals surface area contributed by atoms with Crippen LogP contribution < -0.4 is 5.32 Å². The quantitative estimate of drug-likeness (QED) is 0.391. The molecule has 8 nitrogen and oxygen atoms in total. The maximum atomic E-state index is 11.8. The van der Waals surface area contributed by atoms with Crippen molar-refractivity contribution in [3.05, 3.63) is 33.7 Å². The standard InChI is InChI=1S/C15H20N4O4/c1-9-10(7-13(20)22-5)6-11(8-12(9)18-19-16)17-14(21)23-15(2,3)4/h6,8H,7H2,1-5H3,(H,17,21). The number of carbonyl (C=O) groups excluding carboxylic acids is 2. The first-order valence-corrected chi connectivity index (χ1v) is 6.91. The van der Waals surface area contributed by atoms with Crippen LogP contribution in [-0.2, 0) is 20.7 Å². The molecule has 8 heteroatoms. The second kappa shape index (κ2) is 7.51. The molecule has 0 aliphatic carbocycles. The number of hydrogen-bond acceptors (Lipinski definition) is 5. The molecule has 1 N–H and O–H groups in total. The van der Waals surface area contributed by atoms with E-state index >= 15 is 0 Å². The molecule has 0 bridgehead atoms. The topological polar surface area (TPSA) is 113 Å². The Morgan fingerprint density at radius 2 is 2.00 bits per heavy atom. The fraction of sp³-hybridized carbons (Fsp3) is 0.467. The lowest BCUT2D eigenvalue weighted by Gasteiger charge is -2.20. The van der Waals surface area contributed by atoms with Gasteiger partial charge in [0.25, 0.3) is 0 Å². The summed E-state index contributed by atoms with van der Waals surface area (Å²) in [5, 5.41) is 6.14. The molecule has 0 aliphatic heterocycles. The van der Waals surface area contributed by atoms with Gasteiger partial charge in [0.2, 0.25) is 0 Å². The van der Waals surface area contributed by atoms with Crippen molar-refractivity contribution in [3.8, 4) is 0 Å². The summed E-state index contributed by atoms with van der Waals surface area (Å²) >= 11 is 0. The highest BCUT2D eigenvalue weighted by Gasteiger charge is 2.17. The first kappa shape index (κ1) is 18.3. The van der Waals surface area contributed by atoms with E-state index in [2.05, 4.69) is 20.1 Å². The highest BCUT2D eigenvalue weighted by Crippen LogP contribution is 2.28. The SMILES string of the molecule is COC(=O)Cc1cc(NC(=O)OC(C)(C)C)cc(N=[N+]=[N-])c1C. The van der Waals surface area contributed by atoms with Crippen molar-refractivity contribution in [1.29, 1.82) is 0 Å². The highest BCUT2D eigenvalue weighted by atomic mass is 16.6. The Balaban J connectivity index is 3.14. The third-order valence-corrected chi connectivity index (χ3v) is 2.85. The number of carbonyl (C=O) groups is 2. The summed E-state index contributed by atoms with van der Waals surface area (Å²) in [6.45, 7) is 6.96. The minimum absolute atomic E-state index is 0.000119. The zero-order valence-electron chi connectivity index (χ0n) is 13.8. The maximum Gasteiger partial charge on any atom is 0.412 e. The minimum atomic E-state index is -0.642. The van der Waals surface area contributed by atoms with Crippen LogP contribution in [0.3, 0.4) is 0 Å². The molecule has 0 aromatic heterocycles. The minimum Gasteiger partial charge on any atom is -0.469 e. The summed E-state index contributed by atoms with van der Waals surface area (Å²) in [6.07, 6.45) is -0.641. The van der Waals surface area contributed by atoms with Crippen LogP contribution in [0.15, 0.2) is 17.2 Å². The van der Waals surface area contributed by atoms with E-state index in [1.807, 2.05) is 0 Å². The summed E-state index contributed by atoms with van der Waals surface area (Å²) in [4.78, 5) is 26.1. The number of nitrogens with one attached hydrogen (secondary N) is 1. The summed E-state index contributed by atoms with van der Waals surface area (Å²) in [6, 6.07) is 3.13. The van der Waals surface area contributed by atoms with Crippen molar-refractivity contribution in [3.63, 3.8) is 0 Å². The smallest absolute Gasteiger partial charge is 0.412 e. The van der Waals surface area contributed by atoms with E-state index in [1.54, 1.807) is 33.8 Å². The van der Waals surface area contributed by atoms with Crippen LogP contribution in [0, 0.1) is 6.92 Å². The van der Waals surface area contributed by atoms with E-state index in [0.717, 1.165) is 0 Å². The van der Waals surface area contributed by atoms with Crippen molar-refractivity contribution >= 4 is 23.4 Å². The van der Waals surface area contributed by atoms with Crippen LogP contribution in [0.25, 0.3) is 10.4 Å². The summed E-state index contributed by atoms with van der Waals surface area (Å²) in [7, 11) is 1.29. The molecular weight excluding hydrogens is 300 g/mol. The van der Waals surface area contributed by atoms with E-state index in [-0.39, 0.29) is 6.42 Å². The van der Waals surface area contributed by atoms with Crippen molar-refractivity contribution in [2.45, 2.75) is 39.7 Å². The van der Waals surface area contributed by atoms with E-state index in [1.165, 1.54) is 13.2 Å². The van der Waals surface area contributed by atoms with Gasteiger partial charge in [0.15, 0.2) is 0 Å². The third kappa shape index (κ3) is 5.88. The number of ether oxygens (including phenoxy) is 2. The number of methoxy groups -OCH3 is 1. The number of hydrogen-bond donors (Lipinski definition) is 1. The molecule has 1 aromatic carbocycles. The Kier molecular flexibility index (Phi) is 5.98. The van der Waals surface area contributed by atoms with Gasteiger partial charge >= 0.3 is 12.1 Å².